The van der Waals surface area contributed by atoms with Gasteiger partial charge in [0.25, 0.3) is 5.91 Å². The fraction of sp³-hybridized carbons (Fsp3) is 0.389. The number of nitrogens with one attached hydrogen (secondary N) is 1. The summed E-state index contributed by atoms with van der Waals surface area (Å²) in [5.41, 5.74) is 2.95. The molecule has 9 heteroatoms. The van der Waals surface area contributed by atoms with Crippen LogP contribution in [0, 0.1) is 6.92 Å². The third kappa shape index (κ3) is 3.21. The van der Waals surface area contributed by atoms with Crippen molar-refractivity contribution >= 4 is 5.91 Å². The van der Waals surface area contributed by atoms with Gasteiger partial charge in [-0.3, -0.25) is 9.89 Å². The summed E-state index contributed by atoms with van der Waals surface area (Å²) in [6.07, 6.45) is 2.97. The van der Waals surface area contributed by atoms with Crippen molar-refractivity contribution in [2.24, 2.45) is 0 Å². The molecule has 27 heavy (non-hydrogen) atoms. The van der Waals surface area contributed by atoms with Gasteiger partial charge in [0.2, 0.25) is 0 Å². The molecule has 2 atom stereocenters. The molecular weight excluding hydrogens is 344 g/mol. The van der Waals surface area contributed by atoms with Crippen molar-refractivity contribution in [1.82, 2.24) is 40.2 Å². The Morgan fingerprint density at radius 3 is 2.67 bits per heavy atom. The molecule has 1 aliphatic rings. The van der Waals surface area contributed by atoms with Gasteiger partial charge in [-0.25, -0.2) is 0 Å². The maximum absolute atomic E-state index is 13.2. The number of amides is 1. The second-order valence-electron chi connectivity index (χ2n) is 7.14. The van der Waals surface area contributed by atoms with Gasteiger partial charge in [-0.05, 0) is 37.0 Å². The minimum atomic E-state index is -0.0734. The van der Waals surface area contributed by atoms with Crippen LogP contribution in [0.5, 0.6) is 0 Å². The summed E-state index contributed by atoms with van der Waals surface area (Å²) in [4.78, 5) is 17.3. The number of rotatable bonds is 4. The normalized spacial score (nSPS) is 19.8. The topological polar surface area (TPSA) is 95.8 Å². The van der Waals surface area contributed by atoms with Gasteiger partial charge < -0.3 is 9.80 Å². The molecule has 9 nitrogen and oxygen atoms in total. The third-order valence-corrected chi connectivity index (χ3v) is 5.17. The molecule has 1 amide bonds. The van der Waals surface area contributed by atoms with E-state index in [-0.39, 0.29) is 17.9 Å². The van der Waals surface area contributed by atoms with Crippen molar-refractivity contribution in [1.29, 1.82) is 0 Å². The van der Waals surface area contributed by atoms with Crippen LogP contribution >= 0.6 is 0 Å². The predicted molar refractivity (Wildman–Crippen MR) is 98.6 cm³/mol. The minimum absolute atomic E-state index is 0.0734. The molecule has 0 aliphatic carbocycles. The molecule has 1 saturated heterocycles. The largest absolute Gasteiger partial charge is 0.336 e. The zero-order valence-corrected chi connectivity index (χ0v) is 15.6. The number of likely N-dealkylation sites (tertiary alicyclic amines) is 1. The van der Waals surface area contributed by atoms with Crippen LogP contribution in [-0.4, -0.2) is 79.3 Å². The first-order valence-corrected chi connectivity index (χ1v) is 8.83. The molecule has 3 aromatic rings. The smallest absolute Gasteiger partial charge is 0.259 e. The molecule has 0 unspecified atom stereocenters. The second-order valence-corrected chi connectivity index (χ2v) is 7.14. The van der Waals surface area contributed by atoms with Crippen LogP contribution in [0.2, 0.25) is 0 Å². The highest BCUT2D eigenvalue weighted by molar-refractivity contribution is 5.97. The lowest BCUT2D eigenvalue weighted by Gasteiger charge is -2.25. The van der Waals surface area contributed by atoms with Crippen LogP contribution in [0.4, 0.5) is 0 Å². The summed E-state index contributed by atoms with van der Waals surface area (Å²) in [6, 6.07) is 8.82. The number of hydrogen-bond acceptors (Lipinski definition) is 6. The number of aromatic amines is 1. The number of nitrogens with zero attached hydrogens (tertiary/aromatic N) is 7. The number of aryl methyl sites for hydroxylation is 1. The Labute approximate surface area is 157 Å². The Morgan fingerprint density at radius 1 is 1.22 bits per heavy atom. The molecule has 1 aromatic carbocycles. The van der Waals surface area contributed by atoms with Gasteiger partial charge in [0.15, 0.2) is 5.82 Å². The molecule has 4 rings (SSSR count). The van der Waals surface area contributed by atoms with E-state index in [1.807, 2.05) is 4.90 Å². The van der Waals surface area contributed by atoms with Crippen LogP contribution in [-0.2, 0) is 0 Å². The van der Waals surface area contributed by atoms with Gasteiger partial charge in [0.05, 0.1) is 6.20 Å². The Kier molecular flexibility index (Phi) is 4.44. The average Bonchev–Trinajstić information content (AvgIpc) is 3.40. The number of aromatic nitrogens is 6. The Morgan fingerprint density at radius 2 is 2.00 bits per heavy atom. The van der Waals surface area contributed by atoms with E-state index >= 15 is 0 Å². The lowest BCUT2D eigenvalue weighted by Crippen LogP contribution is -2.36. The predicted octanol–water partition coefficient (Wildman–Crippen LogP) is 0.864. The molecular formula is C18H22N8O. The van der Waals surface area contributed by atoms with E-state index in [9.17, 15) is 4.79 Å². The molecule has 1 aliphatic heterocycles. The highest BCUT2D eigenvalue weighted by atomic mass is 16.2. The molecule has 0 saturated carbocycles. The highest BCUT2D eigenvalue weighted by Crippen LogP contribution is 2.31. The molecule has 140 valence electrons. The molecule has 0 radical (unpaired) electrons. The summed E-state index contributed by atoms with van der Waals surface area (Å²) < 4.78 is 1.41. The maximum Gasteiger partial charge on any atom is 0.259 e. The summed E-state index contributed by atoms with van der Waals surface area (Å²) in [7, 11) is 4.12. The van der Waals surface area contributed by atoms with E-state index in [0.717, 1.165) is 0 Å². The fourth-order valence-corrected chi connectivity index (χ4v) is 3.66. The molecule has 2 aromatic heterocycles. The van der Waals surface area contributed by atoms with E-state index in [1.54, 1.807) is 0 Å². The number of carbonyl (C=O) groups is 1. The number of benzene rings is 1. The average molecular weight is 366 g/mol. The zero-order chi connectivity index (χ0) is 19.0. The third-order valence-electron chi connectivity index (χ3n) is 5.17. The van der Waals surface area contributed by atoms with Crippen molar-refractivity contribution in [3.8, 4) is 5.82 Å². The van der Waals surface area contributed by atoms with Crippen molar-refractivity contribution in [2.45, 2.75) is 18.9 Å². The van der Waals surface area contributed by atoms with E-state index in [2.05, 4.69) is 75.9 Å². The highest BCUT2D eigenvalue weighted by Gasteiger charge is 2.38. The van der Waals surface area contributed by atoms with Gasteiger partial charge in [-0.15, -0.1) is 5.10 Å². The van der Waals surface area contributed by atoms with Crippen LogP contribution in [0.3, 0.4) is 0 Å². The summed E-state index contributed by atoms with van der Waals surface area (Å²) in [6.45, 7) is 3.40. The summed E-state index contributed by atoms with van der Waals surface area (Å²) in [5.74, 6) is 0.661. The maximum atomic E-state index is 13.2. The van der Waals surface area contributed by atoms with Gasteiger partial charge in [0.1, 0.15) is 11.9 Å². The SMILES string of the molecule is Cc1ccc([C@@H]2CN(C(=O)c3cn[nH]c3-n3cnnn3)C[C@H]2N(C)C)cc1. The summed E-state index contributed by atoms with van der Waals surface area (Å²) in [5, 5.41) is 17.9. The van der Waals surface area contributed by atoms with Crippen molar-refractivity contribution in [3.05, 3.63) is 53.5 Å². The fourth-order valence-electron chi connectivity index (χ4n) is 3.66. The number of likely N-dealkylation sites (N-methyl/N-ethyl adjacent to an activating group) is 1. The van der Waals surface area contributed by atoms with Crippen LogP contribution in [0.1, 0.15) is 27.4 Å². The van der Waals surface area contributed by atoms with Gasteiger partial charge in [0, 0.05) is 25.0 Å². The van der Waals surface area contributed by atoms with E-state index < -0.39 is 0 Å². The van der Waals surface area contributed by atoms with Crippen LogP contribution in [0.25, 0.3) is 5.82 Å². The molecule has 1 N–H and O–H groups in total. The van der Waals surface area contributed by atoms with E-state index in [1.165, 1.54) is 28.3 Å². The quantitative estimate of drug-likeness (QED) is 0.736. The first kappa shape index (κ1) is 17.3. The Bertz CT molecular complexity index is 915. The monoisotopic (exact) mass is 366 g/mol. The molecule has 0 spiro atoms. The lowest BCUT2D eigenvalue weighted by atomic mass is 9.93. The lowest BCUT2D eigenvalue weighted by molar-refractivity contribution is 0.0782. The number of tetrazole rings is 1. The Hall–Kier alpha value is -3.07. The minimum Gasteiger partial charge on any atom is -0.336 e. The first-order chi connectivity index (χ1) is 13.0. The van der Waals surface area contributed by atoms with Gasteiger partial charge in [-0.1, -0.05) is 29.8 Å². The molecule has 0 bridgehead atoms. The van der Waals surface area contributed by atoms with Crippen molar-refractivity contribution in [2.75, 3.05) is 27.2 Å². The van der Waals surface area contributed by atoms with Crippen LogP contribution < -0.4 is 0 Å². The van der Waals surface area contributed by atoms with Crippen LogP contribution in [0.15, 0.2) is 36.8 Å². The van der Waals surface area contributed by atoms with Crippen molar-refractivity contribution in [3.63, 3.8) is 0 Å². The van der Waals surface area contributed by atoms with Gasteiger partial charge in [-0.2, -0.15) is 9.78 Å². The zero-order valence-electron chi connectivity index (χ0n) is 15.6. The van der Waals surface area contributed by atoms with Crippen molar-refractivity contribution < 1.29 is 4.79 Å². The Balaban J connectivity index is 1.61. The molecule has 3 heterocycles. The number of carbonyl (C=O) groups excluding carboxylic acids is 1. The summed E-state index contributed by atoms with van der Waals surface area (Å²) >= 11 is 0. The number of H-pyrrole nitrogens is 1. The molecule has 1 fully saturated rings. The van der Waals surface area contributed by atoms with E-state index in [4.69, 9.17) is 0 Å². The first-order valence-electron chi connectivity index (χ1n) is 8.83. The van der Waals surface area contributed by atoms with E-state index in [0.29, 0.717) is 24.5 Å². The number of hydrogen-bond donors (Lipinski definition) is 1. The standard InChI is InChI=1S/C18H22N8O/c1-12-4-6-13(7-5-12)15-9-25(10-16(15)24(2)3)18(27)14-8-19-21-17(14)26-11-20-22-23-26/h4-8,11,15-16H,9-10H2,1-3H3,(H,19,21)/t15-,16+/m0/s1. The van der Waals surface area contributed by atoms with Gasteiger partial charge >= 0.3 is 0 Å². The second kappa shape index (κ2) is 6.92.